The normalized spacial score (nSPS) is 13.2. The van der Waals surface area contributed by atoms with E-state index >= 15 is 0 Å². The van der Waals surface area contributed by atoms with Crippen molar-refractivity contribution in [1.82, 2.24) is 14.9 Å². The van der Waals surface area contributed by atoms with Crippen molar-refractivity contribution in [2.45, 2.75) is 25.9 Å². The topological polar surface area (TPSA) is 50.1 Å². The first-order valence-electron chi connectivity index (χ1n) is 4.61. The average Bonchev–Trinajstić information content (AvgIpc) is 2.61. The second-order valence-corrected chi connectivity index (χ2v) is 2.96. The molecule has 1 aromatic rings. The number of imidazole rings is 1. The second-order valence-electron chi connectivity index (χ2n) is 2.96. The zero-order valence-electron chi connectivity index (χ0n) is 8.20. The van der Waals surface area contributed by atoms with Crippen LogP contribution in [0.5, 0.6) is 0 Å². The molecule has 13 heavy (non-hydrogen) atoms. The minimum absolute atomic E-state index is 0.195. The van der Waals surface area contributed by atoms with Crippen LogP contribution in [0.15, 0.2) is 12.5 Å². The highest BCUT2D eigenvalue weighted by Crippen LogP contribution is 2.15. The van der Waals surface area contributed by atoms with Gasteiger partial charge < -0.3 is 15.0 Å². The lowest BCUT2D eigenvalue weighted by Gasteiger charge is -2.16. The molecule has 0 spiro atoms. The van der Waals surface area contributed by atoms with Gasteiger partial charge in [-0.2, -0.15) is 0 Å². The quantitative estimate of drug-likeness (QED) is 0.700. The molecule has 0 fully saturated rings. The molecule has 1 atom stereocenters. The number of nitrogens with zero attached hydrogens (tertiary/aromatic N) is 2. The predicted molar refractivity (Wildman–Crippen MR) is 51.4 cm³/mol. The Morgan fingerprint density at radius 3 is 3.00 bits per heavy atom. The van der Waals surface area contributed by atoms with Gasteiger partial charge in [0, 0.05) is 19.3 Å². The molecule has 0 aromatic carbocycles. The Labute approximate surface area is 78.6 Å². The van der Waals surface area contributed by atoms with Gasteiger partial charge in [0.1, 0.15) is 0 Å². The molecule has 0 amide bonds. The van der Waals surface area contributed by atoms with Crippen molar-refractivity contribution in [3.8, 4) is 0 Å². The van der Waals surface area contributed by atoms with Crippen LogP contribution in [0.4, 0.5) is 0 Å². The van der Waals surface area contributed by atoms with Gasteiger partial charge in [-0.05, 0) is 20.4 Å². The molecule has 0 saturated heterocycles. The maximum Gasteiger partial charge on any atom is 0.0948 e. The van der Waals surface area contributed by atoms with Crippen LogP contribution in [0.25, 0.3) is 0 Å². The number of rotatable bonds is 5. The summed E-state index contributed by atoms with van der Waals surface area (Å²) in [6.07, 6.45) is 4.39. The zero-order chi connectivity index (χ0) is 9.68. The third kappa shape index (κ3) is 2.29. The maximum atomic E-state index is 8.86. The van der Waals surface area contributed by atoms with Gasteiger partial charge in [-0.15, -0.1) is 0 Å². The summed E-state index contributed by atoms with van der Waals surface area (Å²) in [5.74, 6) is 0. The lowest BCUT2D eigenvalue weighted by atomic mass is 10.1. The Morgan fingerprint density at radius 2 is 2.46 bits per heavy atom. The highest BCUT2D eigenvalue weighted by Gasteiger charge is 2.12. The van der Waals surface area contributed by atoms with Gasteiger partial charge in [0.05, 0.1) is 18.1 Å². The summed E-state index contributed by atoms with van der Waals surface area (Å²) >= 11 is 0. The van der Waals surface area contributed by atoms with E-state index in [2.05, 4.69) is 21.8 Å². The number of hydrogen-bond donors (Lipinski definition) is 2. The summed E-state index contributed by atoms with van der Waals surface area (Å²) in [6.45, 7) is 3.19. The molecular formula is C9H17N3O. The van der Waals surface area contributed by atoms with Gasteiger partial charge in [0.15, 0.2) is 0 Å². The molecule has 1 rings (SSSR count). The number of hydrogen-bond acceptors (Lipinski definition) is 3. The van der Waals surface area contributed by atoms with E-state index in [1.54, 1.807) is 0 Å². The number of aromatic nitrogens is 2. The Bertz CT molecular complexity index is 247. The number of nitrogens with one attached hydrogen (secondary N) is 1. The first-order chi connectivity index (χ1) is 6.33. The van der Waals surface area contributed by atoms with Crippen LogP contribution >= 0.6 is 0 Å². The maximum absolute atomic E-state index is 8.86. The fraction of sp³-hybridized carbons (Fsp3) is 0.667. The first kappa shape index (κ1) is 10.2. The highest BCUT2D eigenvalue weighted by atomic mass is 16.3. The van der Waals surface area contributed by atoms with E-state index in [9.17, 15) is 0 Å². The van der Waals surface area contributed by atoms with E-state index in [1.807, 2.05) is 19.6 Å². The number of aliphatic hydroxyl groups excluding tert-OH is 1. The fourth-order valence-corrected chi connectivity index (χ4v) is 1.45. The molecular weight excluding hydrogens is 166 g/mol. The van der Waals surface area contributed by atoms with Crippen LogP contribution in [-0.2, 0) is 6.54 Å². The summed E-state index contributed by atoms with van der Waals surface area (Å²) in [5.41, 5.74) is 1.14. The molecule has 74 valence electrons. The predicted octanol–water partition coefficient (Wildman–Crippen LogP) is 0.546. The largest absolute Gasteiger partial charge is 0.396 e. The smallest absolute Gasteiger partial charge is 0.0948 e. The SMILES string of the molecule is CCn1cncc1C(CCO)NC. The Kier molecular flexibility index (Phi) is 3.92. The third-order valence-electron chi connectivity index (χ3n) is 2.21. The first-order valence-corrected chi connectivity index (χ1v) is 4.61. The van der Waals surface area contributed by atoms with Gasteiger partial charge in [0.2, 0.25) is 0 Å². The molecule has 1 heterocycles. The Morgan fingerprint density at radius 1 is 1.69 bits per heavy atom. The highest BCUT2D eigenvalue weighted by molar-refractivity contribution is 5.04. The van der Waals surface area contributed by atoms with Crippen molar-refractivity contribution in [3.63, 3.8) is 0 Å². The van der Waals surface area contributed by atoms with E-state index in [0.717, 1.165) is 18.7 Å². The van der Waals surface area contributed by atoms with Gasteiger partial charge in [-0.25, -0.2) is 4.98 Å². The Hall–Kier alpha value is -0.870. The van der Waals surface area contributed by atoms with Crippen LogP contribution in [0.2, 0.25) is 0 Å². The van der Waals surface area contributed by atoms with E-state index in [0.29, 0.717) is 0 Å². The van der Waals surface area contributed by atoms with E-state index in [-0.39, 0.29) is 12.6 Å². The third-order valence-corrected chi connectivity index (χ3v) is 2.21. The van der Waals surface area contributed by atoms with Gasteiger partial charge in [0.25, 0.3) is 0 Å². The molecule has 4 nitrogen and oxygen atoms in total. The molecule has 1 aromatic heterocycles. The minimum atomic E-state index is 0.195. The van der Waals surface area contributed by atoms with E-state index < -0.39 is 0 Å². The van der Waals surface area contributed by atoms with Crippen molar-refractivity contribution >= 4 is 0 Å². The van der Waals surface area contributed by atoms with Crippen molar-refractivity contribution in [2.24, 2.45) is 0 Å². The lowest BCUT2D eigenvalue weighted by Crippen LogP contribution is -2.20. The summed E-state index contributed by atoms with van der Waals surface area (Å²) in [5, 5.41) is 12.0. The van der Waals surface area contributed by atoms with E-state index in [1.165, 1.54) is 0 Å². The molecule has 0 radical (unpaired) electrons. The van der Waals surface area contributed by atoms with Crippen LogP contribution in [0, 0.1) is 0 Å². The summed E-state index contributed by atoms with van der Waals surface area (Å²) in [4.78, 5) is 4.09. The van der Waals surface area contributed by atoms with Gasteiger partial charge >= 0.3 is 0 Å². The molecule has 2 N–H and O–H groups in total. The molecule has 0 bridgehead atoms. The van der Waals surface area contributed by atoms with E-state index in [4.69, 9.17) is 5.11 Å². The molecule has 0 aliphatic heterocycles. The lowest BCUT2D eigenvalue weighted by molar-refractivity contribution is 0.266. The van der Waals surface area contributed by atoms with Crippen LogP contribution in [0.3, 0.4) is 0 Å². The van der Waals surface area contributed by atoms with Crippen molar-refractivity contribution in [3.05, 3.63) is 18.2 Å². The van der Waals surface area contributed by atoms with Crippen molar-refractivity contribution in [2.75, 3.05) is 13.7 Å². The molecule has 1 unspecified atom stereocenters. The summed E-state index contributed by atoms with van der Waals surface area (Å²) in [7, 11) is 1.90. The Balaban J connectivity index is 2.77. The number of aryl methyl sites for hydroxylation is 1. The van der Waals surface area contributed by atoms with Crippen LogP contribution in [0.1, 0.15) is 25.1 Å². The zero-order valence-corrected chi connectivity index (χ0v) is 8.20. The second kappa shape index (κ2) is 4.99. The van der Waals surface area contributed by atoms with Gasteiger partial charge in [-0.3, -0.25) is 0 Å². The molecule has 0 saturated carbocycles. The van der Waals surface area contributed by atoms with Crippen molar-refractivity contribution < 1.29 is 5.11 Å². The summed E-state index contributed by atoms with van der Waals surface area (Å²) in [6, 6.07) is 0.201. The fourth-order valence-electron chi connectivity index (χ4n) is 1.45. The molecule has 0 aliphatic rings. The van der Waals surface area contributed by atoms with Crippen LogP contribution < -0.4 is 5.32 Å². The molecule has 0 aliphatic carbocycles. The van der Waals surface area contributed by atoms with Gasteiger partial charge in [-0.1, -0.05) is 0 Å². The standard InChI is InChI=1S/C9H17N3O/c1-3-12-7-11-6-9(12)8(10-2)4-5-13/h6-8,10,13H,3-5H2,1-2H3. The molecule has 4 heteroatoms. The van der Waals surface area contributed by atoms with Crippen LogP contribution in [-0.4, -0.2) is 28.3 Å². The number of aliphatic hydroxyl groups is 1. The average molecular weight is 183 g/mol. The summed E-state index contributed by atoms with van der Waals surface area (Å²) < 4.78 is 2.08. The monoisotopic (exact) mass is 183 g/mol. The minimum Gasteiger partial charge on any atom is -0.396 e. The van der Waals surface area contributed by atoms with Crippen molar-refractivity contribution in [1.29, 1.82) is 0 Å².